The molecule has 3 rings (SSSR count). The van der Waals surface area contributed by atoms with Crippen molar-refractivity contribution in [3.63, 3.8) is 0 Å². The Balaban J connectivity index is 2.12. The molecule has 1 aromatic heterocycles. The third-order valence-electron chi connectivity index (χ3n) is 3.14. The molecule has 0 spiro atoms. The molecule has 1 nitrogen and oxygen atoms in total. The average molecular weight is 279 g/mol. The fourth-order valence-electron chi connectivity index (χ4n) is 2.17. The molecule has 0 amide bonds. The lowest BCUT2D eigenvalue weighted by molar-refractivity contribution is 0.418. The summed E-state index contributed by atoms with van der Waals surface area (Å²) in [6, 6.07) is 9.20. The molecule has 5 heteroatoms. The zero-order valence-electron chi connectivity index (χ0n) is 10.2. The van der Waals surface area contributed by atoms with Crippen LogP contribution < -0.4 is 0 Å². The van der Waals surface area contributed by atoms with Crippen molar-refractivity contribution in [3.8, 4) is 0 Å². The van der Waals surface area contributed by atoms with Crippen molar-refractivity contribution in [2.45, 2.75) is 6.54 Å². The first kappa shape index (κ1) is 12.7. The third-order valence-corrected chi connectivity index (χ3v) is 3.14. The summed E-state index contributed by atoms with van der Waals surface area (Å²) in [7, 11) is 0. The van der Waals surface area contributed by atoms with E-state index in [1.165, 1.54) is 17.0 Å². The first-order chi connectivity index (χ1) is 9.58. The van der Waals surface area contributed by atoms with Gasteiger partial charge in [-0.05, 0) is 5.56 Å². The van der Waals surface area contributed by atoms with Crippen LogP contribution in [0.1, 0.15) is 5.56 Å². The van der Waals surface area contributed by atoms with Crippen molar-refractivity contribution in [2.24, 2.45) is 0 Å². The van der Waals surface area contributed by atoms with Gasteiger partial charge in [0.2, 0.25) is 0 Å². The second kappa shape index (κ2) is 4.67. The number of aromatic nitrogens is 1. The van der Waals surface area contributed by atoms with Crippen molar-refractivity contribution in [1.29, 1.82) is 0 Å². The number of hydrogen-bond acceptors (Lipinski definition) is 0. The second-order valence-corrected chi connectivity index (χ2v) is 4.50. The molecule has 0 radical (unpaired) electrons. The van der Waals surface area contributed by atoms with E-state index in [1.54, 1.807) is 0 Å². The Morgan fingerprint density at radius 2 is 1.20 bits per heavy atom. The van der Waals surface area contributed by atoms with Crippen molar-refractivity contribution in [2.75, 3.05) is 0 Å². The van der Waals surface area contributed by atoms with Crippen LogP contribution in [0.3, 0.4) is 0 Å². The first-order valence-electron chi connectivity index (χ1n) is 5.93. The van der Waals surface area contributed by atoms with E-state index in [9.17, 15) is 17.6 Å². The van der Waals surface area contributed by atoms with E-state index in [0.29, 0.717) is 6.54 Å². The molecule has 0 aliphatic carbocycles. The van der Waals surface area contributed by atoms with Gasteiger partial charge >= 0.3 is 0 Å². The Morgan fingerprint density at radius 1 is 0.700 bits per heavy atom. The lowest BCUT2D eigenvalue weighted by atomic mass is 10.2. The molecule has 0 aliphatic rings. The number of rotatable bonds is 2. The monoisotopic (exact) mass is 279 g/mol. The summed E-state index contributed by atoms with van der Waals surface area (Å²) in [5, 5.41) is -0.533. The Bertz CT molecular complexity index is 733. The maximum Gasteiger partial charge on any atom is 0.198 e. The Kier molecular flexibility index (Phi) is 2.97. The Morgan fingerprint density at radius 3 is 1.70 bits per heavy atom. The normalized spacial score (nSPS) is 11.2. The van der Waals surface area contributed by atoms with E-state index in [4.69, 9.17) is 0 Å². The van der Waals surface area contributed by atoms with Gasteiger partial charge in [0, 0.05) is 29.7 Å². The van der Waals surface area contributed by atoms with Gasteiger partial charge in [-0.1, -0.05) is 30.3 Å². The average Bonchev–Trinajstić information content (AvgIpc) is 2.88. The van der Waals surface area contributed by atoms with E-state index in [-0.39, 0.29) is 10.8 Å². The minimum Gasteiger partial charge on any atom is -0.348 e. The Labute approximate surface area is 112 Å². The largest absolute Gasteiger partial charge is 0.348 e. The molecule has 20 heavy (non-hydrogen) atoms. The number of fused-ring (bicyclic) bond motifs is 1. The van der Waals surface area contributed by atoms with Gasteiger partial charge in [0.25, 0.3) is 0 Å². The van der Waals surface area contributed by atoms with Crippen LogP contribution in [0.25, 0.3) is 10.8 Å². The summed E-state index contributed by atoms with van der Waals surface area (Å²) < 4.78 is 55.0. The molecule has 0 bridgehead atoms. The highest BCUT2D eigenvalue weighted by molar-refractivity contribution is 5.83. The molecule has 0 aliphatic heterocycles. The molecular formula is C15H9F4N. The van der Waals surface area contributed by atoms with E-state index < -0.39 is 23.3 Å². The minimum atomic E-state index is -1.78. The van der Waals surface area contributed by atoms with Crippen molar-refractivity contribution in [3.05, 3.63) is 71.6 Å². The van der Waals surface area contributed by atoms with E-state index in [2.05, 4.69) is 0 Å². The molecule has 0 atom stereocenters. The van der Waals surface area contributed by atoms with Gasteiger partial charge in [-0.3, -0.25) is 0 Å². The minimum absolute atomic E-state index is 0.266. The van der Waals surface area contributed by atoms with Gasteiger partial charge in [0.15, 0.2) is 23.3 Å². The van der Waals surface area contributed by atoms with Crippen LogP contribution >= 0.6 is 0 Å². The summed E-state index contributed by atoms with van der Waals surface area (Å²) in [5.74, 6) is -6.31. The van der Waals surface area contributed by atoms with Crippen molar-refractivity contribution < 1.29 is 17.6 Å². The maximum absolute atomic E-state index is 13.6. The number of hydrogen-bond donors (Lipinski definition) is 0. The number of benzene rings is 2. The molecule has 0 unspecified atom stereocenters. The van der Waals surface area contributed by atoms with E-state index in [1.807, 2.05) is 30.3 Å². The van der Waals surface area contributed by atoms with Crippen LogP contribution in [0, 0.1) is 23.3 Å². The quantitative estimate of drug-likeness (QED) is 0.375. The van der Waals surface area contributed by atoms with Gasteiger partial charge in [-0.25, -0.2) is 17.6 Å². The van der Waals surface area contributed by atoms with Crippen molar-refractivity contribution in [1.82, 2.24) is 4.57 Å². The van der Waals surface area contributed by atoms with Crippen LogP contribution in [0.15, 0.2) is 42.7 Å². The topological polar surface area (TPSA) is 4.93 Å². The summed E-state index contributed by atoms with van der Waals surface area (Å²) in [5.41, 5.74) is 0.912. The predicted octanol–water partition coefficient (Wildman–Crippen LogP) is 4.25. The highest BCUT2D eigenvalue weighted by Gasteiger charge is 2.21. The number of halogens is 4. The summed E-state index contributed by atoms with van der Waals surface area (Å²) in [4.78, 5) is 0. The predicted molar refractivity (Wildman–Crippen MR) is 67.3 cm³/mol. The van der Waals surface area contributed by atoms with E-state index in [0.717, 1.165) is 5.56 Å². The third kappa shape index (κ3) is 1.95. The number of nitrogens with zero attached hydrogens (tertiary/aromatic N) is 1. The molecule has 2 aromatic carbocycles. The molecule has 0 N–H and O–H groups in total. The fraction of sp³-hybridized carbons (Fsp3) is 0.0667. The van der Waals surface area contributed by atoms with Crippen molar-refractivity contribution >= 4 is 10.8 Å². The summed E-state index contributed by atoms with van der Waals surface area (Å²) in [6.07, 6.45) is 2.53. The fourth-order valence-corrected chi connectivity index (χ4v) is 2.17. The van der Waals surface area contributed by atoms with Crippen LogP contribution in [-0.4, -0.2) is 4.57 Å². The van der Waals surface area contributed by atoms with Crippen LogP contribution in [0.2, 0.25) is 0 Å². The van der Waals surface area contributed by atoms with Gasteiger partial charge in [-0.15, -0.1) is 0 Å². The SMILES string of the molecule is Fc1c(F)c(F)c2cn(Cc3ccccc3)cc2c1F. The molecule has 0 fully saturated rings. The molecule has 1 heterocycles. The smallest absolute Gasteiger partial charge is 0.198 e. The maximum atomic E-state index is 13.6. The van der Waals surface area contributed by atoms with Crippen LogP contribution in [0.4, 0.5) is 17.6 Å². The lowest BCUT2D eigenvalue weighted by Gasteiger charge is -2.01. The van der Waals surface area contributed by atoms with E-state index >= 15 is 0 Å². The highest BCUT2D eigenvalue weighted by Crippen LogP contribution is 2.27. The van der Waals surface area contributed by atoms with Crippen LogP contribution in [0.5, 0.6) is 0 Å². The van der Waals surface area contributed by atoms with Gasteiger partial charge < -0.3 is 4.57 Å². The Hall–Kier alpha value is -2.30. The molecule has 0 saturated heterocycles. The van der Waals surface area contributed by atoms with Gasteiger partial charge in [0.1, 0.15) is 0 Å². The second-order valence-electron chi connectivity index (χ2n) is 4.50. The lowest BCUT2D eigenvalue weighted by Crippen LogP contribution is -1.95. The van der Waals surface area contributed by atoms with Crippen LogP contribution in [-0.2, 0) is 6.54 Å². The molecule has 102 valence electrons. The van der Waals surface area contributed by atoms with Gasteiger partial charge in [-0.2, -0.15) is 0 Å². The molecule has 0 saturated carbocycles. The molecule has 3 aromatic rings. The zero-order chi connectivity index (χ0) is 14.3. The summed E-state index contributed by atoms with van der Waals surface area (Å²) >= 11 is 0. The zero-order valence-corrected chi connectivity index (χ0v) is 10.2. The van der Waals surface area contributed by atoms with Gasteiger partial charge in [0.05, 0.1) is 0 Å². The highest BCUT2D eigenvalue weighted by atomic mass is 19.2. The standard InChI is InChI=1S/C15H9F4N/c16-12-10-7-20(6-9-4-2-1-3-5-9)8-11(10)13(17)15(19)14(12)18/h1-5,7-8H,6H2. The summed E-state index contributed by atoms with van der Waals surface area (Å²) in [6.45, 7) is 0.359. The molecular weight excluding hydrogens is 270 g/mol. The first-order valence-corrected chi connectivity index (χ1v) is 5.93.